The first kappa shape index (κ1) is 28.4. The third-order valence-electron chi connectivity index (χ3n) is 8.83. The molecule has 0 aliphatic rings. The molecule has 0 saturated carbocycles. The van der Waals surface area contributed by atoms with Crippen LogP contribution in [0.3, 0.4) is 0 Å². The van der Waals surface area contributed by atoms with Crippen molar-refractivity contribution in [3.05, 3.63) is 176 Å². The molecule has 0 atom stereocenters. The molecule has 0 amide bonds. The summed E-state index contributed by atoms with van der Waals surface area (Å²) in [6, 6.07) is 56.9. The Labute approximate surface area is 283 Å². The Bertz CT molecular complexity index is 2470. The van der Waals surface area contributed by atoms with Crippen LogP contribution < -0.4 is 4.90 Å². The number of fused-ring (bicyclic) bond motifs is 3. The smallest absolute Gasteiger partial charge is 0.187 e. The van der Waals surface area contributed by atoms with E-state index in [0.29, 0.717) is 11.5 Å². The number of nitrogens with zero attached hydrogens (tertiary/aromatic N) is 7. The van der Waals surface area contributed by atoms with Gasteiger partial charge in [-0.15, -0.1) is 10.2 Å². The topological polar surface area (TPSA) is 64.7 Å². The van der Waals surface area contributed by atoms with E-state index in [9.17, 15) is 0 Å². The Balaban J connectivity index is 1.12. The van der Waals surface area contributed by atoms with Crippen LogP contribution in [0.4, 0.5) is 17.1 Å². The highest BCUT2D eigenvalue weighted by Crippen LogP contribution is 2.38. The molecule has 7 nitrogen and oxygen atoms in total. The van der Waals surface area contributed by atoms with Crippen molar-refractivity contribution < 1.29 is 0 Å². The molecule has 0 unspecified atom stereocenters. The summed E-state index contributed by atoms with van der Waals surface area (Å²) in [4.78, 5) is 10.8. The molecule has 0 saturated heterocycles. The van der Waals surface area contributed by atoms with Crippen molar-refractivity contribution in [3.63, 3.8) is 0 Å². The molecule has 0 N–H and O–H groups in total. The average Bonchev–Trinajstić information content (AvgIpc) is 3.77. The zero-order chi connectivity index (χ0) is 32.6. The minimum atomic E-state index is 0.655. The normalized spacial score (nSPS) is 11.3. The first-order chi connectivity index (χ1) is 24.3. The first-order valence-electron chi connectivity index (χ1n) is 16.1. The summed E-state index contributed by atoms with van der Waals surface area (Å²) in [5, 5.41) is 11.7. The molecule has 232 valence electrons. The van der Waals surface area contributed by atoms with E-state index >= 15 is 0 Å². The van der Waals surface area contributed by atoms with E-state index in [0.717, 1.165) is 39.8 Å². The van der Waals surface area contributed by atoms with Crippen LogP contribution in [0.5, 0.6) is 0 Å². The van der Waals surface area contributed by atoms with Gasteiger partial charge in [-0.05, 0) is 91.0 Å². The number of anilines is 3. The SMILES string of the molecule is c1ccc(N(c2ccc(-c3nnc(-c4ccncn4)n3-c3ccccc3)cc2)c2ccc(-n3c4ccccc4c4ccccc43)cc2)cc1. The molecule has 0 aliphatic carbocycles. The fraction of sp³-hybridized carbons (Fsp3) is 0. The fourth-order valence-corrected chi connectivity index (χ4v) is 6.62. The predicted octanol–water partition coefficient (Wildman–Crippen LogP) is 9.96. The van der Waals surface area contributed by atoms with Gasteiger partial charge in [0.1, 0.15) is 12.0 Å². The van der Waals surface area contributed by atoms with Crippen molar-refractivity contribution >= 4 is 38.9 Å². The lowest BCUT2D eigenvalue weighted by molar-refractivity contribution is 1.04. The van der Waals surface area contributed by atoms with Crippen LogP contribution in [0.1, 0.15) is 0 Å². The standard InChI is InChI=1S/C42H29N7/c1-3-11-31(12-4-1)47(34-23-25-35(26-24-34)48-39-17-9-7-15-36(39)37-16-8-10-18-40(37)48)33-21-19-30(20-22-33)41-45-46-42(38-27-28-43-29-44-38)49(41)32-13-5-2-6-14-32/h1-29H. The fourth-order valence-electron chi connectivity index (χ4n) is 6.62. The van der Waals surface area contributed by atoms with Crippen molar-refractivity contribution in [3.8, 4) is 34.3 Å². The van der Waals surface area contributed by atoms with Crippen LogP contribution in [0.15, 0.2) is 176 Å². The largest absolute Gasteiger partial charge is 0.311 e. The Morgan fingerprint density at radius 2 is 0.959 bits per heavy atom. The third-order valence-corrected chi connectivity index (χ3v) is 8.83. The average molecular weight is 632 g/mol. The number of hydrogen-bond donors (Lipinski definition) is 0. The molecule has 3 aromatic heterocycles. The first-order valence-corrected chi connectivity index (χ1v) is 16.1. The van der Waals surface area contributed by atoms with E-state index in [1.807, 2.05) is 47.0 Å². The van der Waals surface area contributed by atoms with Gasteiger partial charge >= 0.3 is 0 Å². The second-order valence-electron chi connectivity index (χ2n) is 11.7. The van der Waals surface area contributed by atoms with Crippen LogP contribution in [0.25, 0.3) is 56.1 Å². The summed E-state index contributed by atoms with van der Waals surface area (Å²) >= 11 is 0. The molecular formula is C42H29N7. The Morgan fingerprint density at radius 3 is 1.59 bits per heavy atom. The summed E-state index contributed by atoms with van der Waals surface area (Å²) in [5.74, 6) is 1.38. The van der Waals surface area contributed by atoms with E-state index in [1.54, 1.807) is 6.20 Å². The van der Waals surface area contributed by atoms with Gasteiger partial charge in [0.25, 0.3) is 0 Å². The van der Waals surface area contributed by atoms with Gasteiger partial charge in [0.2, 0.25) is 0 Å². The summed E-state index contributed by atoms with van der Waals surface area (Å²) in [6.07, 6.45) is 3.25. The molecular weight excluding hydrogens is 603 g/mol. The summed E-state index contributed by atoms with van der Waals surface area (Å²) in [6.45, 7) is 0. The highest BCUT2D eigenvalue weighted by Gasteiger charge is 2.19. The van der Waals surface area contributed by atoms with Gasteiger partial charge < -0.3 is 9.47 Å². The van der Waals surface area contributed by atoms with Gasteiger partial charge in [0.15, 0.2) is 11.6 Å². The van der Waals surface area contributed by atoms with Gasteiger partial charge in [-0.1, -0.05) is 72.8 Å². The van der Waals surface area contributed by atoms with Gasteiger partial charge in [-0.25, -0.2) is 9.97 Å². The maximum absolute atomic E-state index is 4.64. The highest BCUT2D eigenvalue weighted by molar-refractivity contribution is 6.09. The molecule has 0 radical (unpaired) electrons. The van der Waals surface area contributed by atoms with Crippen LogP contribution >= 0.6 is 0 Å². The van der Waals surface area contributed by atoms with Gasteiger partial charge in [0.05, 0.1) is 11.0 Å². The quantitative estimate of drug-likeness (QED) is 0.175. The van der Waals surface area contributed by atoms with E-state index in [1.165, 1.54) is 28.1 Å². The van der Waals surface area contributed by atoms with Crippen LogP contribution in [-0.2, 0) is 0 Å². The van der Waals surface area contributed by atoms with Gasteiger partial charge in [-0.2, -0.15) is 0 Å². The minimum Gasteiger partial charge on any atom is -0.311 e. The molecule has 9 rings (SSSR count). The lowest BCUT2D eigenvalue weighted by atomic mass is 10.1. The second-order valence-corrected chi connectivity index (χ2v) is 11.7. The van der Waals surface area contributed by atoms with Crippen LogP contribution in [0, 0.1) is 0 Å². The number of para-hydroxylation sites is 4. The van der Waals surface area contributed by atoms with Crippen LogP contribution in [-0.4, -0.2) is 29.3 Å². The molecule has 0 aliphatic heterocycles. The zero-order valence-electron chi connectivity index (χ0n) is 26.4. The maximum atomic E-state index is 4.64. The lowest BCUT2D eigenvalue weighted by Gasteiger charge is -2.26. The number of aromatic nitrogens is 6. The minimum absolute atomic E-state index is 0.655. The second kappa shape index (κ2) is 12.1. The molecule has 0 bridgehead atoms. The zero-order valence-corrected chi connectivity index (χ0v) is 26.4. The Hall–Kier alpha value is -6.86. The molecule has 7 heteroatoms. The monoisotopic (exact) mass is 631 g/mol. The summed E-state index contributed by atoms with van der Waals surface area (Å²) in [5.41, 5.74) is 9.25. The Morgan fingerprint density at radius 1 is 0.429 bits per heavy atom. The number of benzene rings is 6. The molecule has 0 spiro atoms. The van der Waals surface area contributed by atoms with Crippen molar-refractivity contribution in [2.45, 2.75) is 0 Å². The molecule has 49 heavy (non-hydrogen) atoms. The van der Waals surface area contributed by atoms with Crippen LogP contribution in [0.2, 0.25) is 0 Å². The summed E-state index contributed by atoms with van der Waals surface area (Å²) < 4.78 is 4.38. The van der Waals surface area contributed by atoms with E-state index in [4.69, 9.17) is 0 Å². The predicted molar refractivity (Wildman–Crippen MR) is 197 cm³/mol. The molecule has 3 heterocycles. The molecule has 0 fully saturated rings. The van der Waals surface area contributed by atoms with Crippen molar-refractivity contribution in [1.29, 1.82) is 0 Å². The number of rotatable bonds is 7. The van der Waals surface area contributed by atoms with Gasteiger partial charge in [-0.3, -0.25) is 4.57 Å². The Kier molecular flexibility index (Phi) is 6.98. The van der Waals surface area contributed by atoms with E-state index in [-0.39, 0.29) is 0 Å². The summed E-state index contributed by atoms with van der Waals surface area (Å²) in [7, 11) is 0. The third kappa shape index (κ3) is 5.01. The number of hydrogen-bond acceptors (Lipinski definition) is 5. The van der Waals surface area contributed by atoms with Gasteiger partial charge in [0, 0.05) is 51.0 Å². The molecule has 6 aromatic carbocycles. The van der Waals surface area contributed by atoms with E-state index < -0.39 is 0 Å². The highest BCUT2D eigenvalue weighted by atomic mass is 15.3. The molecule has 9 aromatic rings. The van der Waals surface area contributed by atoms with Crippen molar-refractivity contribution in [2.75, 3.05) is 4.90 Å². The maximum Gasteiger partial charge on any atom is 0.187 e. The van der Waals surface area contributed by atoms with Crippen molar-refractivity contribution in [1.82, 2.24) is 29.3 Å². The van der Waals surface area contributed by atoms with E-state index in [2.05, 4.69) is 151 Å². The lowest BCUT2D eigenvalue weighted by Crippen LogP contribution is -2.10. The van der Waals surface area contributed by atoms with Crippen molar-refractivity contribution in [2.24, 2.45) is 0 Å².